The number of aromatic hydroxyl groups is 1. The van der Waals surface area contributed by atoms with Crippen LogP contribution in [0, 0.1) is 0 Å². The molecule has 2 aromatic carbocycles. The largest absolute Gasteiger partial charge is 0.508 e. The first-order valence-electron chi connectivity index (χ1n) is 6.92. The summed E-state index contributed by atoms with van der Waals surface area (Å²) in [7, 11) is 0. The zero-order valence-corrected chi connectivity index (χ0v) is 11.0. The fraction of sp³-hybridized carbons (Fsp3) is 0.294. The molecule has 2 N–H and O–H groups in total. The molecule has 0 bridgehead atoms. The van der Waals surface area contributed by atoms with E-state index in [2.05, 4.69) is 29.6 Å². The molecule has 0 aliphatic heterocycles. The molecule has 2 nitrogen and oxygen atoms in total. The molecular weight excluding hydrogens is 234 g/mol. The van der Waals surface area contributed by atoms with Gasteiger partial charge in [0, 0.05) is 12.6 Å². The van der Waals surface area contributed by atoms with E-state index in [1.807, 2.05) is 12.1 Å². The highest BCUT2D eigenvalue weighted by Gasteiger charge is 2.18. The van der Waals surface area contributed by atoms with Crippen LogP contribution in [0.15, 0.2) is 48.5 Å². The molecule has 1 aliphatic carbocycles. The van der Waals surface area contributed by atoms with Crippen LogP contribution in [-0.4, -0.2) is 5.11 Å². The van der Waals surface area contributed by atoms with Gasteiger partial charge in [0.05, 0.1) is 0 Å². The first-order chi connectivity index (χ1) is 9.33. The molecule has 0 saturated carbocycles. The molecule has 0 saturated heterocycles. The smallest absolute Gasteiger partial charge is 0.115 e. The zero-order valence-electron chi connectivity index (χ0n) is 11.0. The summed E-state index contributed by atoms with van der Waals surface area (Å²) in [6, 6.07) is 16.6. The maximum atomic E-state index is 9.28. The Balaban J connectivity index is 1.69. The molecule has 1 atom stereocenters. The van der Waals surface area contributed by atoms with Crippen LogP contribution < -0.4 is 5.32 Å². The maximum Gasteiger partial charge on any atom is 0.115 e. The Bertz CT molecular complexity index is 547. The standard InChI is InChI=1S/C17H19NO/c19-15-10-8-13(9-11-15)12-18-17-7-3-5-14-4-1-2-6-16(14)17/h1-2,4,6,8-11,17-19H,3,5,7,12H2. The highest BCUT2D eigenvalue weighted by Crippen LogP contribution is 2.29. The molecule has 0 amide bonds. The van der Waals surface area contributed by atoms with Gasteiger partial charge in [0.25, 0.3) is 0 Å². The minimum atomic E-state index is 0.326. The molecule has 3 rings (SSSR count). The highest BCUT2D eigenvalue weighted by molar-refractivity contribution is 5.32. The molecule has 2 heteroatoms. The Morgan fingerprint density at radius 3 is 2.68 bits per heavy atom. The topological polar surface area (TPSA) is 32.3 Å². The van der Waals surface area contributed by atoms with E-state index in [0.29, 0.717) is 11.8 Å². The molecule has 0 spiro atoms. The van der Waals surface area contributed by atoms with Crippen molar-refractivity contribution in [3.8, 4) is 5.75 Å². The zero-order chi connectivity index (χ0) is 13.1. The van der Waals surface area contributed by atoms with Crippen molar-refractivity contribution in [3.05, 3.63) is 65.2 Å². The third kappa shape index (κ3) is 2.79. The van der Waals surface area contributed by atoms with Gasteiger partial charge in [-0.05, 0) is 48.1 Å². The first-order valence-corrected chi connectivity index (χ1v) is 6.92. The molecule has 1 unspecified atom stereocenters. The second kappa shape index (κ2) is 5.45. The van der Waals surface area contributed by atoms with Crippen LogP contribution in [0.4, 0.5) is 0 Å². The Kier molecular flexibility index (Phi) is 3.51. The lowest BCUT2D eigenvalue weighted by Gasteiger charge is -2.26. The summed E-state index contributed by atoms with van der Waals surface area (Å²) in [6.45, 7) is 0.847. The summed E-state index contributed by atoms with van der Waals surface area (Å²) >= 11 is 0. The van der Waals surface area contributed by atoms with Crippen molar-refractivity contribution in [3.63, 3.8) is 0 Å². The summed E-state index contributed by atoms with van der Waals surface area (Å²) in [4.78, 5) is 0. The number of hydrogen-bond acceptors (Lipinski definition) is 2. The van der Waals surface area contributed by atoms with E-state index >= 15 is 0 Å². The van der Waals surface area contributed by atoms with Crippen LogP contribution in [0.3, 0.4) is 0 Å². The summed E-state index contributed by atoms with van der Waals surface area (Å²) < 4.78 is 0. The van der Waals surface area contributed by atoms with Crippen molar-refractivity contribution in [2.24, 2.45) is 0 Å². The summed E-state index contributed by atoms with van der Waals surface area (Å²) in [5, 5.41) is 12.9. The van der Waals surface area contributed by atoms with E-state index in [1.54, 1.807) is 12.1 Å². The predicted octanol–water partition coefficient (Wildman–Crippen LogP) is 3.56. The molecule has 0 fully saturated rings. The van der Waals surface area contributed by atoms with E-state index in [9.17, 15) is 5.11 Å². The van der Waals surface area contributed by atoms with Crippen molar-refractivity contribution in [2.75, 3.05) is 0 Å². The summed E-state index contributed by atoms with van der Waals surface area (Å²) in [5.41, 5.74) is 4.14. The molecule has 0 aromatic heterocycles. The number of benzene rings is 2. The Hall–Kier alpha value is -1.80. The van der Waals surface area contributed by atoms with Crippen molar-refractivity contribution in [1.82, 2.24) is 5.32 Å². The average molecular weight is 253 g/mol. The number of rotatable bonds is 3. The molecular formula is C17H19NO. The third-order valence-electron chi connectivity index (χ3n) is 3.86. The second-order valence-electron chi connectivity index (χ2n) is 5.19. The van der Waals surface area contributed by atoms with E-state index in [-0.39, 0.29) is 0 Å². The molecule has 0 heterocycles. The molecule has 98 valence electrons. The lowest BCUT2D eigenvalue weighted by atomic mass is 9.87. The van der Waals surface area contributed by atoms with Gasteiger partial charge in [0.1, 0.15) is 5.75 Å². The number of aryl methyl sites for hydroxylation is 1. The van der Waals surface area contributed by atoms with Crippen LogP contribution in [0.1, 0.15) is 35.6 Å². The molecule has 1 aliphatic rings. The van der Waals surface area contributed by atoms with E-state index in [4.69, 9.17) is 0 Å². The average Bonchev–Trinajstić information content (AvgIpc) is 2.47. The van der Waals surface area contributed by atoms with Gasteiger partial charge in [-0.25, -0.2) is 0 Å². The van der Waals surface area contributed by atoms with Crippen molar-refractivity contribution in [1.29, 1.82) is 0 Å². The molecule has 0 radical (unpaired) electrons. The number of phenols is 1. The van der Waals surface area contributed by atoms with Gasteiger partial charge in [0.15, 0.2) is 0 Å². The Morgan fingerprint density at radius 1 is 1.05 bits per heavy atom. The second-order valence-corrected chi connectivity index (χ2v) is 5.19. The highest BCUT2D eigenvalue weighted by atomic mass is 16.3. The van der Waals surface area contributed by atoms with Gasteiger partial charge in [-0.2, -0.15) is 0 Å². The van der Waals surface area contributed by atoms with Gasteiger partial charge in [-0.15, -0.1) is 0 Å². The fourth-order valence-electron chi connectivity index (χ4n) is 2.82. The predicted molar refractivity (Wildman–Crippen MR) is 77.1 cm³/mol. The Morgan fingerprint density at radius 2 is 1.84 bits per heavy atom. The quantitative estimate of drug-likeness (QED) is 0.876. The first kappa shape index (κ1) is 12.2. The molecule has 19 heavy (non-hydrogen) atoms. The van der Waals surface area contributed by atoms with Gasteiger partial charge in [0.2, 0.25) is 0 Å². The van der Waals surface area contributed by atoms with Crippen LogP contribution in [0.2, 0.25) is 0 Å². The van der Waals surface area contributed by atoms with Gasteiger partial charge < -0.3 is 10.4 Å². The Labute approximate surface area is 114 Å². The van der Waals surface area contributed by atoms with Crippen molar-refractivity contribution >= 4 is 0 Å². The van der Waals surface area contributed by atoms with Crippen molar-refractivity contribution in [2.45, 2.75) is 31.8 Å². The van der Waals surface area contributed by atoms with E-state index in [1.165, 1.54) is 36.0 Å². The fourth-order valence-corrected chi connectivity index (χ4v) is 2.82. The summed E-state index contributed by atoms with van der Waals surface area (Å²) in [5.74, 6) is 0.326. The van der Waals surface area contributed by atoms with Gasteiger partial charge in [-0.3, -0.25) is 0 Å². The number of nitrogens with one attached hydrogen (secondary N) is 1. The van der Waals surface area contributed by atoms with Crippen LogP contribution in [0.25, 0.3) is 0 Å². The minimum Gasteiger partial charge on any atom is -0.508 e. The van der Waals surface area contributed by atoms with Crippen LogP contribution >= 0.6 is 0 Å². The molecule has 2 aromatic rings. The lowest BCUT2D eigenvalue weighted by Crippen LogP contribution is -2.24. The lowest BCUT2D eigenvalue weighted by molar-refractivity contribution is 0.457. The normalized spacial score (nSPS) is 18.0. The van der Waals surface area contributed by atoms with Gasteiger partial charge >= 0.3 is 0 Å². The maximum absolute atomic E-state index is 9.28. The monoisotopic (exact) mass is 253 g/mol. The summed E-state index contributed by atoms with van der Waals surface area (Å²) in [6.07, 6.45) is 3.66. The van der Waals surface area contributed by atoms with E-state index in [0.717, 1.165) is 6.54 Å². The van der Waals surface area contributed by atoms with Crippen LogP contribution in [-0.2, 0) is 13.0 Å². The number of fused-ring (bicyclic) bond motifs is 1. The van der Waals surface area contributed by atoms with Crippen molar-refractivity contribution < 1.29 is 5.11 Å². The van der Waals surface area contributed by atoms with Gasteiger partial charge in [-0.1, -0.05) is 36.4 Å². The third-order valence-corrected chi connectivity index (χ3v) is 3.86. The number of hydrogen-bond donors (Lipinski definition) is 2. The minimum absolute atomic E-state index is 0.326. The SMILES string of the molecule is Oc1ccc(CNC2CCCc3ccccc32)cc1. The van der Waals surface area contributed by atoms with Crippen LogP contribution in [0.5, 0.6) is 5.75 Å². The van der Waals surface area contributed by atoms with E-state index < -0.39 is 0 Å². The number of phenolic OH excluding ortho intramolecular Hbond substituents is 1.